The number of carbonyl (C=O) groups is 1. The predicted molar refractivity (Wildman–Crippen MR) is 106 cm³/mol. The van der Waals surface area contributed by atoms with Crippen LogP contribution in [0.25, 0.3) is 22.6 Å². The van der Waals surface area contributed by atoms with Crippen molar-refractivity contribution in [3.63, 3.8) is 0 Å². The number of nitrogens with zero attached hydrogens (tertiary/aromatic N) is 1. The number of benzene rings is 2. The molecule has 0 fully saturated rings. The SMILES string of the molecule is CC[C@@H](C)c1ccc2oc(-c3ccc(NC(=O)C(C)(C)C)cc3)nc2c1. The van der Waals surface area contributed by atoms with Crippen LogP contribution in [0.2, 0.25) is 0 Å². The summed E-state index contributed by atoms with van der Waals surface area (Å²) < 4.78 is 5.90. The molecule has 2 aromatic carbocycles. The number of oxazole rings is 1. The minimum atomic E-state index is -0.424. The van der Waals surface area contributed by atoms with E-state index in [-0.39, 0.29) is 5.91 Å². The van der Waals surface area contributed by atoms with Crippen LogP contribution in [0.5, 0.6) is 0 Å². The molecule has 1 heterocycles. The van der Waals surface area contributed by atoms with Gasteiger partial charge in [-0.3, -0.25) is 4.79 Å². The summed E-state index contributed by atoms with van der Waals surface area (Å²) in [5.41, 5.74) is 4.18. The van der Waals surface area contributed by atoms with Crippen molar-refractivity contribution >= 4 is 22.7 Å². The number of nitrogens with one attached hydrogen (secondary N) is 1. The number of rotatable bonds is 4. The van der Waals surface area contributed by atoms with Gasteiger partial charge in [0.1, 0.15) is 5.52 Å². The molecule has 1 amide bonds. The first-order chi connectivity index (χ1) is 12.3. The van der Waals surface area contributed by atoms with E-state index in [1.807, 2.05) is 51.1 Å². The molecule has 0 aliphatic heterocycles. The van der Waals surface area contributed by atoms with Gasteiger partial charge < -0.3 is 9.73 Å². The molecule has 4 nitrogen and oxygen atoms in total. The zero-order valence-corrected chi connectivity index (χ0v) is 16.1. The van der Waals surface area contributed by atoms with Crippen molar-refractivity contribution in [1.82, 2.24) is 4.98 Å². The number of aromatic nitrogens is 1. The molecule has 26 heavy (non-hydrogen) atoms. The van der Waals surface area contributed by atoms with Crippen molar-refractivity contribution in [1.29, 1.82) is 0 Å². The van der Waals surface area contributed by atoms with E-state index in [9.17, 15) is 4.79 Å². The Hall–Kier alpha value is -2.62. The molecule has 0 aliphatic carbocycles. The summed E-state index contributed by atoms with van der Waals surface area (Å²) >= 11 is 0. The predicted octanol–water partition coefficient (Wildman–Crippen LogP) is 5.99. The molecular weight excluding hydrogens is 324 g/mol. The summed E-state index contributed by atoms with van der Waals surface area (Å²) in [7, 11) is 0. The van der Waals surface area contributed by atoms with Crippen molar-refractivity contribution < 1.29 is 9.21 Å². The molecule has 0 saturated heterocycles. The molecule has 136 valence electrons. The van der Waals surface area contributed by atoms with Crippen LogP contribution in [-0.2, 0) is 4.79 Å². The first-order valence-corrected chi connectivity index (χ1v) is 9.10. The molecule has 0 aliphatic rings. The fraction of sp³-hybridized carbons (Fsp3) is 0.364. The number of amides is 1. The lowest BCUT2D eigenvalue weighted by Crippen LogP contribution is -2.27. The molecule has 0 radical (unpaired) electrons. The summed E-state index contributed by atoms with van der Waals surface area (Å²) in [5, 5.41) is 2.92. The van der Waals surface area contributed by atoms with Crippen LogP contribution in [0.15, 0.2) is 46.9 Å². The van der Waals surface area contributed by atoms with Crippen LogP contribution in [-0.4, -0.2) is 10.9 Å². The average Bonchev–Trinajstić information content (AvgIpc) is 3.04. The molecule has 3 aromatic rings. The van der Waals surface area contributed by atoms with E-state index in [0.29, 0.717) is 11.8 Å². The third-order valence-corrected chi connectivity index (χ3v) is 4.66. The van der Waals surface area contributed by atoms with Crippen molar-refractivity contribution in [2.75, 3.05) is 5.32 Å². The Morgan fingerprint density at radius 3 is 2.46 bits per heavy atom. The minimum absolute atomic E-state index is 0.00955. The van der Waals surface area contributed by atoms with Crippen LogP contribution in [0, 0.1) is 5.41 Å². The highest BCUT2D eigenvalue weighted by Crippen LogP contribution is 2.28. The zero-order chi connectivity index (χ0) is 18.9. The number of fused-ring (bicyclic) bond motifs is 1. The summed E-state index contributed by atoms with van der Waals surface area (Å²) in [6.45, 7) is 10.1. The Morgan fingerprint density at radius 1 is 1.15 bits per heavy atom. The lowest BCUT2D eigenvalue weighted by atomic mass is 9.95. The van der Waals surface area contributed by atoms with E-state index in [1.165, 1.54) is 5.56 Å². The van der Waals surface area contributed by atoms with Gasteiger partial charge in [0, 0.05) is 16.7 Å². The monoisotopic (exact) mass is 350 g/mol. The Labute approximate surface area is 154 Å². The summed E-state index contributed by atoms with van der Waals surface area (Å²) in [4.78, 5) is 16.7. The van der Waals surface area contributed by atoms with Crippen LogP contribution >= 0.6 is 0 Å². The van der Waals surface area contributed by atoms with Gasteiger partial charge in [-0.1, -0.05) is 40.7 Å². The fourth-order valence-corrected chi connectivity index (χ4v) is 2.62. The van der Waals surface area contributed by atoms with Gasteiger partial charge in [0.05, 0.1) is 0 Å². The zero-order valence-electron chi connectivity index (χ0n) is 16.1. The Kier molecular flexibility index (Phi) is 4.86. The van der Waals surface area contributed by atoms with Crippen molar-refractivity contribution in [3.05, 3.63) is 48.0 Å². The second-order valence-corrected chi connectivity index (χ2v) is 7.84. The van der Waals surface area contributed by atoms with Gasteiger partial charge in [-0.2, -0.15) is 0 Å². The largest absolute Gasteiger partial charge is 0.436 e. The Balaban J connectivity index is 1.84. The molecule has 0 unspecified atom stereocenters. The second kappa shape index (κ2) is 6.94. The van der Waals surface area contributed by atoms with Crippen LogP contribution in [0.3, 0.4) is 0 Å². The highest BCUT2D eigenvalue weighted by molar-refractivity contribution is 5.94. The van der Waals surface area contributed by atoms with E-state index in [4.69, 9.17) is 4.42 Å². The normalized spacial score (nSPS) is 13.0. The first-order valence-electron chi connectivity index (χ1n) is 9.10. The standard InChI is InChI=1S/C22H26N2O2/c1-6-14(2)16-9-12-19-18(13-16)24-20(26-19)15-7-10-17(11-8-15)23-21(25)22(3,4)5/h7-14H,6H2,1-5H3,(H,23,25)/t14-/m1/s1. The molecule has 1 N–H and O–H groups in total. The fourth-order valence-electron chi connectivity index (χ4n) is 2.62. The summed E-state index contributed by atoms with van der Waals surface area (Å²) in [6.07, 6.45) is 1.10. The summed E-state index contributed by atoms with van der Waals surface area (Å²) in [6, 6.07) is 13.8. The molecule has 0 saturated carbocycles. The van der Waals surface area contributed by atoms with Crippen molar-refractivity contribution in [2.45, 2.75) is 47.0 Å². The average molecular weight is 350 g/mol. The maximum atomic E-state index is 12.1. The quantitative estimate of drug-likeness (QED) is 0.628. The molecule has 1 aromatic heterocycles. The van der Waals surface area contributed by atoms with Crippen LogP contribution in [0.1, 0.15) is 52.5 Å². The van der Waals surface area contributed by atoms with Crippen LogP contribution < -0.4 is 5.32 Å². The summed E-state index contributed by atoms with van der Waals surface area (Å²) in [5.74, 6) is 1.09. The highest BCUT2D eigenvalue weighted by Gasteiger charge is 2.21. The topological polar surface area (TPSA) is 55.1 Å². The second-order valence-electron chi connectivity index (χ2n) is 7.84. The first kappa shape index (κ1) is 18.2. The lowest BCUT2D eigenvalue weighted by Gasteiger charge is -2.17. The molecule has 3 rings (SSSR count). The van der Waals surface area contributed by atoms with Gasteiger partial charge >= 0.3 is 0 Å². The van der Waals surface area contributed by atoms with E-state index in [1.54, 1.807) is 0 Å². The number of carbonyl (C=O) groups excluding carboxylic acids is 1. The van der Waals surface area contributed by atoms with Gasteiger partial charge in [-0.05, 0) is 54.3 Å². The third-order valence-electron chi connectivity index (χ3n) is 4.66. The van der Waals surface area contributed by atoms with Gasteiger partial charge in [0.2, 0.25) is 11.8 Å². The minimum Gasteiger partial charge on any atom is -0.436 e. The van der Waals surface area contributed by atoms with Gasteiger partial charge in [-0.15, -0.1) is 0 Å². The number of hydrogen-bond donors (Lipinski definition) is 1. The van der Waals surface area contributed by atoms with Gasteiger partial charge in [-0.25, -0.2) is 4.98 Å². The Bertz CT molecular complexity index is 917. The van der Waals surface area contributed by atoms with Crippen molar-refractivity contribution in [3.8, 4) is 11.5 Å². The van der Waals surface area contributed by atoms with Crippen LogP contribution in [0.4, 0.5) is 5.69 Å². The lowest BCUT2D eigenvalue weighted by molar-refractivity contribution is -0.123. The highest BCUT2D eigenvalue weighted by atomic mass is 16.3. The third kappa shape index (κ3) is 3.79. The smallest absolute Gasteiger partial charge is 0.229 e. The molecular formula is C22H26N2O2. The van der Waals surface area contributed by atoms with Gasteiger partial charge in [0.15, 0.2) is 5.58 Å². The van der Waals surface area contributed by atoms with E-state index < -0.39 is 5.41 Å². The Morgan fingerprint density at radius 2 is 1.85 bits per heavy atom. The van der Waals surface area contributed by atoms with E-state index >= 15 is 0 Å². The number of anilines is 1. The van der Waals surface area contributed by atoms with Gasteiger partial charge in [0.25, 0.3) is 0 Å². The molecule has 0 bridgehead atoms. The van der Waals surface area contributed by atoms with Crippen molar-refractivity contribution in [2.24, 2.45) is 5.41 Å². The van der Waals surface area contributed by atoms with E-state index in [0.717, 1.165) is 28.8 Å². The maximum Gasteiger partial charge on any atom is 0.229 e. The van der Waals surface area contributed by atoms with E-state index in [2.05, 4.69) is 36.3 Å². The molecule has 4 heteroatoms. The maximum absolute atomic E-state index is 12.1. The molecule has 1 atom stereocenters. The molecule has 0 spiro atoms. The number of hydrogen-bond acceptors (Lipinski definition) is 3.